The Morgan fingerprint density at radius 1 is 1.53 bits per heavy atom. The Balaban J connectivity index is 1.82. The predicted molar refractivity (Wildman–Crippen MR) is 77.7 cm³/mol. The van der Waals surface area contributed by atoms with Gasteiger partial charge >= 0.3 is 5.97 Å². The lowest BCUT2D eigenvalue weighted by molar-refractivity contribution is -0.136. The minimum absolute atomic E-state index is 0.154. The highest BCUT2D eigenvalue weighted by Gasteiger charge is 2.26. The Morgan fingerprint density at radius 3 is 2.84 bits per heavy atom. The molecule has 0 atom stereocenters. The van der Waals surface area contributed by atoms with Crippen LogP contribution in [0.1, 0.15) is 51.6 Å². The van der Waals surface area contributed by atoms with Crippen LogP contribution in [0.4, 0.5) is 5.13 Å². The first-order chi connectivity index (χ1) is 8.94. The first kappa shape index (κ1) is 14.3. The van der Waals surface area contributed by atoms with Crippen LogP contribution in [0.3, 0.4) is 0 Å². The Morgan fingerprint density at radius 2 is 2.21 bits per heavy atom. The van der Waals surface area contributed by atoms with Crippen molar-refractivity contribution in [1.29, 1.82) is 0 Å². The second-order valence-electron chi connectivity index (χ2n) is 6.12. The molecule has 1 aliphatic rings. The van der Waals surface area contributed by atoms with E-state index in [0.29, 0.717) is 17.9 Å². The predicted octanol–water partition coefficient (Wildman–Crippen LogP) is 3.54. The molecule has 0 saturated heterocycles. The van der Waals surface area contributed by atoms with E-state index in [2.05, 4.69) is 24.1 Å². The van der Waals surface area contributed by atoms with E-state index < -0.39 is 5.97 Å². The lowest BCUT2D eigenvalue weighted by Crippen LogP contribution is -2.29. The summed E-state index contributed by atoms with van der Waals surface area (Å²) in [7, 11) is 0. The third kappa shape index (κ3) is 4.49. The number of hydrogen-bond donors (Lipinski definition) is 2. The van der Waals surface area contributed by atoms with Gasteiger partial charge in [-0.1, -0.05) is 13.8 Å². The van der Waals surface area contributed by atoms with Crippen molar-refractivity contribution in [2.45, 2.75) is 58.4 Å². The van der Waals surface area contributed by atoms with E-state index in [1.165, 1.54) is 25.7 Å². The van der Waals surface area contributed by atoms with Crippen LogP contribution in [0.5, 0.6) is 0 Å². The monoisotopic (exact) mass is 282 g/mol. The van der Waals surface area contributed by atoms with Crippen molar-refractivity contribution in [1.82, 2.24) is 4.98 Å². The average Bonchev–Trinajstić information content (AvgIpc) is 2.77. The number of thiazole rings is 1. The van der Waals surface area contributed by atoms with Crippen LogP contribution in [0.2, 0.25) is 0 Å². The van der Waals surface area contributed by atoms with E-state index in [-0.39, 0.29) is 6.42 Å². The summed E-state index contributed by atoms with van der Waals surface area (Å²) < 4.78 is 0. The highest BCUT2D eigenvalue weighted by atomic mass is 32.1. The molecule has 0 aromatic carbocycles. The summed E-state index contributed by atoms with van der Waals surface area (Å²) in [6.07, 6.45) is 5.56. The van der Waals surface area contributed by atoms with Gasteiger partial charge in [0.15, 0.2) is 5.13 Å². The van der Waals surface area contributed by atoms with Crippen LogP contribution in [-0.2, 0) is 11.2 Å². The number of carbonyl (C=O) groups is 1. The maximum absolute atomic E-state index is 10.5. The average molecular weight is 282 g/mol. The molecule has 1 aromatic heterocycles. The summed E-state index contributed by atoms with van der Waals surface area (Å²) >= 11 is 1.58. The smallest absolute Gasteiger partial charge is 0.303 e. The number of rotatable bonds is 5. The van der Waals surface area contributed by atoms with E-state index in [0.717, 1.165) is 10.8 Å². The minimum Gasteiger partial charge on any atom is -0.481 e. The van der Waals surface area contributed by atoms with Crippen LogP contribution < -0.4 is 5.32 Å². The maximum atomic E-state index is 10.5. The van der Waals surface area contributed by atoms with E-state index in [4.69, 9.17) is 5.11 Å². The number of aromatic nitrogens is 1. The van der Waals surface area contributed by atoms with Gasteiger partial charge in [0.25, 0.3) is 0 Å². The maximum Gasteiger partial charge on any atom is 0.303 e. The van der Waals surface area contributed by atoms with Crippen molar-refractivity contribution in [3.8, 4) is 0 Å². The lowest BCUT2D eigenvalue weighted by atomic mass is 9.76. The molecule has 0 amide bonds. The number of aryl methyl sites for hydroxylation is 1. The van der Waals surface area contributed by atoms with Crippen LogP contribution in [0.15, 0.2) is 5.38 Å². The zero-order chi connectivity index (χ0) is 13.9. The van der Waals surface area contributed by atoms with Crippen molar-refractivity contribution in [3.05, 3.63) is 11.1 Å². The Kier molecular flexibility index (Phi) is 4.45. The first-order valence-corrected chi connectivity index (χ1v) is 7.75. The molecule has 4 nitrogen and oxygen atoms in total. The zero-order valence-corrected chi connectivity index (χ0v) is 12.4. The second-order valence-corrected chi connectivity index (χ2v) is 6.98. The number of nitrogens with one attached hydrogen (secondary N) is 1. The standard InChI is InChI=1S/C14H22N2O2S/c1-14(2)7-5-10(6-8-14)15-13-16-11(9-19-13)3-4-12(17)18/h9-10H,3-8H2,1-2H3,(H,15,16)(H,17,18). The number of carboxylic acid groups (broad SMARTS) is 1. The third-order valence-electron chi connectivity index (χ3n) is 3.81. The van der Waals surface area contributed by atoms with Gasteiger partial charge in [-0.2, -0.15) is 0 Å². The quantitative estimate of drug-likeness (QED) is 0.867. The van der Waals surface area contributed by atoms with Gasteiger partial charge in [-0.15, -0.1) is 11.3 Å². The summed E-state index contributed by atoms with van der Waals surface area (Å²) in [6.45, 7) is 4.66. The van der Waals surface area contributed by atoms with Gasteiger partial charge in [-0.3, -0.25) is 4.79 Å². The zero-order valence-electron chi connectivity index (χ0n) is 11.6. The first-order valence-electron chi connectivity index (χ1n) is 6.87. The molecule has 1 saturated carbocycles. The van der Waals surface area contributed by atoms with Gasteiger partial charge in [0.05, 0.1) is 12.1 Å². The van der Waals surface area contributed by atoms with Crippen LogP contribution in [0.25, 0.3) is 0 Å². The van der Waals surface area contributed by atoms with Gasteiger partial charge < -0.3 is 10.4 Å². The van der Waals surface area contributed by atoms with Crippen molar-refractivity contribution < 1.29 is 9.90 Å². The molecule has 0 aliphatic heterocycles. The number of nitrogens with zero attached hydrogens (tertiary/aromatic N) is 1. The highest BCUT2D eigenvalue weighted by molar-refractivity contribution is 7.13. The van der Waals surface area contributed by atoms with Crippen molar-refractivity contribution in [2.75, 3.05) is 5.32 Å². The number of aliphatic carboxylic acids is 1. The molecule has 1 aromatic rings. The molecule has 19 heavy (non-hydrogen) atoms. The highest BCUT2D eigenvalue weighted by Crippen LogP contribution is 2.36. The van der Waals surface area contributed by atoms with E-state index in [1.807, 2.05) is 5.38 Å². The molecule has 106 valence electrons. The molecule has 2 rings (SSSR count). The summed E-state index contributed by atoms with van der Waals surface area (Å²) in [6, 6.07) is 0.520. The minimum atomic E-state index is -0.767. The summed E-state index contributed by atoms with van der Waals surface area (Å²) in [5.41, 5.74) is 1.36. The molecule has 0 spiro atoms. The van der Waals surface area contributed by atoms with Crippen LogP contribution in [-0.4, -0.2) is 22.1 Å². The van der Waals surface area contributed by atoms with E-state index in [9.17, 15) is 4.79 Å². The largest absolute Gasteiger partial charge is 0.481 e. The van der Waals surface area contributed by atoms with E-state index >= 15 is 0 Å². The van der Waals surface area contributed by atoms with Gasteiger partial charge in [0.2, 0.25) is 0 Å². The molecule has 1 aliphatic carbocycles. The Labute approximate surface area is 118 Å². The molecule has 0 bridgehead atoms. The fraction of sp³-hybridized carbons (Fsp3) is 0.714. The molecule has 5 heteroatoms. The Bertz CT molecular complexity index is 432. The molecule has 1 fully saturated rings. The fourth-order valence-electron chi connectivity index (χ4n) is 2.44. The summed E-state index contributed by atoms with van der Waals surface area (Å²) in [5, 5.41) is 15.0. The molecule has 1 heterocycles. The molecule has 0 unspecified atom stereocenters. The normalized spacial score (nSPS) is 19.3. The Hall–Kier alpha value is -1.10. The summed E-state index contributed by atoms with van der Waals surface area (Å²) in [5.74, 6) is -0.767. The second kappa shape index (κ2) is 5.90. The topological polar surface area (TPSA) is 62.2 Å². The van der Waals surface area contributed by atoms with Gasteiger partial charge in [0, 0.05) is 17.8 Å². The van der Waals surface area contributed by atoms with Crippen LogP contribution >= 0.6 is 11.3 Å². The lowest BCUT2D eigenvalue weighted by Gasteiger charge is -2.34. The number of anilines is 1. The molecular weight excluding hydrogens is 260 g/mol. The van der Waals surface area contributed by atoms with Gasteiger partial charge in [-0.25, -0.2) is 4.98 Å². The van der Waals surface area contributed by atoms with E-state index in [1.54, 1.807) is 11.3 Å². The SMILES string of the molecule is CC1(C)CCC(Nc2nc(CCC(=O)O)cs2)CC1. The summed E-state index contributed by atoms with van der Waals surface area (Å²) in [4.78, 5) is 15.0. The van der Waals surface area contributed by atoms with Gasteiger partial charge in [0.1, 0.15) is 0 Å². The van der Waals surface area contributed by atoms with Crippen molar-refractivity contribution in [3.63, 3.8) is 0 Å². The fourth-order valence-corrected chi connectivity index (χ4v) is 3.26. The molecule has 0 radical (unpaired) electrons. The van der Waals surface area contributed by atoms with Crippen molar-refractivity contribution >= 4 is 22.4 Å². The number of carboxylic acids is 1. The molecule has 2 N–H and O–H groups in total. The van der Waals surface area contributed by atoms with Crippen LogP contribution in [0, 0.1) is 5.41 Å². The van der Waals surface area contributed by atoms with Gasteiger partial charge in [-0.05, 0) is 31.1 Å². The third-order valence-corrected chi connectivity index (χ3v) is 4.64. The van der Waals surface area contributed by atoms with Crippen molar-refractivity contribution in [2.24, 2.45) is 5.41 Å². The number of hydrogen-bond acceptors (Lipinski definition) is 4. The molecular formula is C14H22N2O2S.